The van der Waals surface area contributed by atoms with E-state index in [0.29, 0.717) is 11.4 Å². The Morgan fingerprint density at radius 2 is 2.00 bits per heavy atom. The number of fused-ring (bicyclic) bond motifs is 1. The third kappa shape index (κ3) is 3.47. The molecule has 0 aliphatic rings. The Kier molecular flexibility index (Phi) is 4.36. The van der Waals surface area contributed by atoms with E-state index in [1.165, 1.54) is 20.4 Å². The lowest BCUT2D eigenvalue weighted by molar-refractivity contribution is 0.298. The minimum Gasteiger partial charge on any atom is -0.487 e. The zero-order valence-corrected chi connectivity index (χ0v) is 14.1. The molecule has 0 saturated carbocycles. The first-order chi connectivity index (χ1) is 11.5. The zero-order valence-electron chi connectivity index (χ0n) is 13.2. The molecule has 24 heavy (non-hydrogen) atoms. The summed E-state index contributed by atoms with van der Waals surface area (Å²) < 4.78 is 34.7. The average molecular weight is 347 g/mol. The van der Waals surface area contributed by atoms with Gasteiger partial charge in [-0.25, -0.2) is 9.50 Å². The van der Waals surface area contributed by atoms with E-state index in [-0.39, 0.29) is 6.61 Å². The molecular formula is C15H17N5O3S. The van der Waals surface area contributed by atoms with Gasteiger partial charge in [0.05, 0.1) is 11.4 Å². The zero-order chi connectivity index (χ0) is 17.2. The first kappa shape index (κ1) is 16.2. The predicted molar refractivity (Wildman–Crippen MR) is 90.0 cm³/mol. The molecule has 0 saturated heterocycles. The molecule has 0 atom stereocenters. The van der Waals surface area contributed by atoms with Crippen molar-refractivity contribution in [2.75, 3.05) is 18.8 Å². The molecule has 0 unspecified atom stereocenters. The van der Waals surface area contributed by atoms with Crippen molar-refractivity contribution >= 4 is 21.5 Å². The molecule has 9 heteroatoms. The molecule has 0 fully saturated rings. The highest BCUT2D eigenvalue weighted by molar-refractivity contribution is 7.90. The summed E-state index contributed by atoms with van der Waals surface area (Å²) in [6.07, 6.45) is 1.48. The van der Waals surface area contributed by atoms with E-state index in [1.807, 2.05) is 18.2 Å². The quantitative estimate of drug-likeness (QED) is 0.730. The molecule has 0 bridgehead atoms. The third-order valence-electron chi connectivity index (χ3n) is 3.33. The van der Waals surface area contributed by atoms with E-state index in [0.717, 1.165) is 15.6 Å². The molecule has 2 heterocycles. The Bertz CT molecular complexity index is 952. The van der Waals surface area contributed by atoms with Gasteiger partial charge in [-0.05, 0) is 24.3 Å². The number of benzene rings is 1. The number of hydrogen-bond donors (Lipinski definition) is 1. The molecule has 1 aromatic carbocycles. The molecule has 0 aliphatic heterocycles. The van der Waals surface area contributed by atoms with Gasteiger partial charge in [-0.1, -0.05) is 12.1 Å². The van der Waals surface area contributed by atoms with Gasteiger partial charge >= 0.3 is 10.2 Å². The normalized spacial score (nSPS) is 11.8. The van der Waals surface area contributed by atoms with E-state index < -0.39 is 10.2 Å². The SMILES string of the molecule is CN(C)S(=O)(=O)Nc1cccc(OCc2cccc3ncnn23)c1. The maximum atomic E-state index is 11.9. The highest BCUT2D eigenvalue weighted by Gasteiger charge is 2.13. The molecule has 0 aliphatic carbocycles. The van der Waals surface area contributed by atoms with Crippen LogP contribution < -0.4 is 9.46 Å². The van der Waals surface area contributed by atoms with Gasteiger partial charge in [0, 0.05) is 20.2 Å². The fourth-order valence-corrected chi connectivity index (χ4v) is 2.66. The number of rotatable bonds is 6. The summed E-state index contributed by atoms with van der Waals surface area (Å²) >= 11 is 0. The van der Waals surface area contributed by atoms with Crippen LogP contribution in [-0.2, 0) is 16.8 Å². The molecule has 0 amide bonds. The van der Waals surface area contributed by atoms with Gasteiger partial charge in [-0.15, -0.1) is 0 Å². The van der Waals surface area contributed by atoms with E-state index in [4.69, 9.17) is 4.74 Å². The molecule has 8 nitrogen and oxygen atoms in total. The first-order valence-electron chi connectivity index (χ1n) is 7.16. The number of nitrogens with zero attached hydrogens (tertiary/aromatic N) is 4. The maximum Gasteiger partial charge on any atom is 0.301 e. The van der Waals surface area contributed by atoms with Crippen LogP contribution in [0.15, 0.2) is 48.8 Å². The number of aromatic nitrogens is 3. The fraction of sp³-hybridized carbons (Fsp3) is 0.200. The van der Waals surface area contributed by atoms with Crippen molar-refractivity contribution in [1.29, 1.82) is 0 Å². The first-order valence-corrected chi connectivity index (χ1v) is 8.60. The van der Waals surface area contributed by atoms with Crippen molar-refractivity contribution in [2.24, 2.45) is 0 Å². The summed E-state index contributed by atoms with van der Waals surface area (Å²) in [6, 6.07) is 12.4. The van der Waals surface area contributed by atoms with Crippen LogP contribution in [0.1, 0.15) is 5.69 Å². The minimum atomic E-state index is -3.55. The molecule has 3 rings (SSSR count). The highest BCUT2D eigenvalue weighted by Crippen LogP contribution is 2.20. The molecule has 3 aromatic rings. The smallest absolute Gasteiger partial charge is 0.301 e. The summed E-state index contributed by atoms with van der Waals surface area (Å²) in [7, 11) is -0.631. The van der Waals surface area contributed by atoms with Crippen LogP contribution in [0.3, 0.4) is 0 Å². The number of nitrogens with one attached hydrogen (secondary N) is 1. The van der Waals surface area contributed by atoms with Crippen LogP contribution in [0.2, 0.25) is 0 Å². The Balaban J connectivity index is 1.74. The topological polar surface area (TPSA) is 88.8 Å². The van der Waals surface area contributed by atoms with Gasteiger partial charge in [0.1, 0.15) is 18.7 Å². The second kappa shape index (κ2) is 6.46. The third-order valence-corrected chi connectivity index (χ3v) is 4.78. The van der Waals surface area contributed by atoms with E-state index in [9.17, 15) is 8.42 Å². The lowest BCUT2D eigenvalue weighted by Gasteiger charge is -2.14. The molecule has 2 aromatic heterocycles. The van der Waals surface area contributed by atoms with E-state index in [1.54, 1.807) is 28.8 Å². The fourth-order valence-electron chi connectivity index (χ4n) is 2.06. The summed E-state index contributed by atoms with van der Waals surface area (Å²) in [4.78, 5) is 4.12. The van der Waals surface area contributed by atoms with Gasteiger partial charge in [0.25, 0.3) is 0 Å². The van der Waals surface area contributed by atoms with Crippen LogP contribution in [0.25, 0.3) is 5.65 Å². The molecular weight excluding hydrogens is 330 g/mol. The number of anilines is 1. The van der Waals surface area contributed by atoms with E-state index >= 15 is 0 Å². The lowest BCUT2D eigenvalue weighted by Crippen LogP contribution is -2.28. The Labute approximate surface area is 139 Å². The standard InChI is InChI=1S/C15H17N5O3S/c1-19(2)24(21,22)18-12-5-3-7-14(9-12)23-10-13-6-4-8-15-16-11-17-20(13)15/h3-9,11,18H,10H2,1-2H3. The van der Waals surface area contributed by atoms with Crippen LogP contribution in [-0.4, -0.2) is 41.4 Å². The summed E-state index contributed by atoms with van der Waals surface area (Å²) in [5.41, 5.74) is 2.01. The summed E-state index contributed by atoms with van der Waals surface area (Å²) in [5, 5.41) is 4.14. The molecule has 0 radical (unpaired) electrons. The van der Waals surface area contributed by atoms with Gasteiger partial charge in [0.2, 0.25) is 0 Å². The van der Waals surface area contributed by atoms with Gasteiger partial charge in [-0.3, -0.25) is 4.72 Å². The van der Waals surface area contributed by atoms with Crippen molar-refractivity contribution in [3.63, 3.8) is 0 Å². The Morgan fingerprint density at radius 3 is 2.79 bits per heavy atom. The van der Waals surface area contributed by atoms with Crippen LogP contribution >= 0.6 is 0 Å². The van der Waals surface area contributed by atoms with Crippen LogP contribution in [0, 0.1) is 0 Å². The molecule has 0 spiro atoms. The van der Waals surface area contributed by atoms with Gasteiger partial charge < -0.3 is 4.74 Å². The predicted octanol–water partition coefficient (Wildman–Crippen LogP) is 1.53. The average Bonchev–Trinajstić information content (AvgIpc) is 3.02. The highest BCUT2D eigenvalue weighted by atomic mass is 32.2. The van der Waals surface area contributed by atoms with Gasteiger partial charge in [-0.2, -0.15) is 17.8 Å². The minimum absolute atomic E-state index is 0.282. The van der Waals surface area contributed by atoms with Crippen molar-refractivity contribution in [2.45, 2.75) is 6.61 Å². The van der Waals surface area contributed by atoms with Crippen molar-refractivity contribution in [3.8, 4) is 5.75 Å². The second-order valence-electron chi connectivity index (χ2n) is 5.25. The van der Waals surface area contributed by atoms with Crippen LogP contribution in [0.5, 0.6) is 5.75 Å². The van der Waals surface area contributed by atoms with Gasteiger partial charge in [0.15, 0.2) is 5.65 Å². The Hall–Kier alpha value is -2.65. The molecule has 126 valence electrons. The van der Waals surface area contributed by atoms with Crippen molar-refractivity contribution in [3.05, 3.63) is 54.5 Å². The summed E-state index contributed by atoms with van der Waals surface area (Å²) in [5.74, 6) is 0.547. The van der Waals surface area contributed by atoms with Crippen molar-refractivity contribution in [1.82, 2.24) is 18.9 Å². The number of hydrogen-bond acceptors (Lipinski definition) is 5. The van der Waals surface area contributed by atoms with E-state index in [2.05, 4.69) is 14.8 Å². The number of ether oxygens (including phenoxy) is 1. The lowest BCUT2D eigenvalue weighted by atomic mass is 10.3. The van der Waals surface area contributed by atoms with Crippen molar-refractivity contribution < 1.29 is 13.2 Å². The molecule has 1 N–H and O–H groups in total. The monoisotopic (exact) mass is 347 g/mol. The second-order valence-corrected chi connectivity index (χ2v) is 7.14. The Morgan fingerprint density at radius 1 is 1.21 bits per heavy atom. The van der Waals surface area contributed by atoms with Crippen LogP contribution in [0.4, 0.5) is 5.69 Å². The number of pyridine rings is 1. The summed E-state index contributed by atoms with van der Waals surface area (Å²) in [6.45, 7) is 0.282. The largest absolute Gasteiger partial charge is 0.487 e. The maximum absolute atomic E-state index is 11.9.